The molecule has 8 nitrogen and oxygen atoms in total. The normalized spacial score (nSPS) is 13.0. The van der Waals surface area contributed by atoms with Gasteiger partial charge in [-0.05, 0) is 90.6 Å². The zero-order chi connectivity index (χ0) is 36.5. The number of nitrogens with zero attached hydrogens (tertiary/aromatic N) is 6. The molecule has 1 aromatic heterocycles. The largest absolute Gasteiger partial charge is 0.462 e. The summed E-state index contributed by atoms with van der Waals surface area (Å²) >= 11 is 1.27. The van der Waals surface area contributed by atoms with Crippen molar-refractivity contribution in [1.82, 2.24) is 0 Å². The maximum absolute atomic E-state index is 12.2. The highest BCUT2D eigenvalue weighted by atomic mass is 32.1. The molecule has 9 heteroatoms. The smallest absolute Gasteiger partial charge is 0.338 e. The van der Waals surface area contributed by atoms with Crippen molar-refractivity contribution in [2.75, 3.05) is 24.6 Å². The summed E-state index contributed by atoms with van der Waals surface area (Å²) in [5, 5.41) is 28.7. The van der Waals surface area contributed by atoms with E-state index in [-0.39, 0.29) is 17.8 Å². The lowest BCUT2D eigenvalue weighted by atomic mass is 9.94. The molecule has 0 N–H and O–H groups in total. The summed E-state index contributed by atoms with van der Waals surface area (Å²) in [5.74, 6) is 1.51. The summed E-state index contributed by atoms with van der Waals surface area (Å²) in [6, 6.07) is 17.3. The molecule has 270 valence electrons. The summed E-state index contributed by atoms with van der Waals surface area (Å²) in [6.07, 6.45) is 9.93. The Labute approximate surface area is 305 Å². The van der Waals surface area contributed by atoms with E-state index in [1.807, 2.05) is 13.8 Å². The quantitative estimate of drug-likeness (QED) is 0.0815. The van der Waals surface area contributed by atoms with Crippen LogP contribution in [-0.4, -0.2) is 25.7 Å². The number of rotatable bonds is 21. The van der Waals surface area contributed by atoms with E-state index >= 15 is 0 Å². The van der Waals surface area contributed by atoms with Gasteiger partial charge in [0.1, 0.15) is 11.1 Å². The van der Waals surface area contributed by atoms with E-state index in [1.54, 1.807) is 30.3 Å². The standard InChI is InChI=1S/C41H58N6O2S/c1-9-13-15-31(11-3)26-47(27-32(12-4)16-14-10-2)36-21-22-38(37(24-36)30(7)8)44-46-40-34(25-42)23-39(50-40)45-43-35-19-17-33(18-20-35)41(48)49-28-29(5)6/h17-24,29-32H,9-16,26-28H2,1-8H3. The molecule has 0 aliphatic heterocycles. The van der Waals surface area contributed by atoms with Crippen molar-refractivity contribution >= 4 is 44.4 Å². The molecule has 0 aliphatic rings. The number of ether oxygens (including phenoxy) is 1. The van der Waals surface area contributed by atoms with E-state index in [1.165, 1.54) is 68.4 Å². The minimum Gasteiger partial charge on any atom is -0.462 e. The molecular formula is C41H58N6O2S. The van der Waals surface area contributed by atoms with Gasteiger partial charge in [0.05, 0.1) is 29.1 Å². The first-order chi connectivity index (χ1) is 24.1. The van der Waals surface area contributed by atoms with E-state index in [2.05, 4.69) is 91.2 Å². The average molecular weight is 699 g/mol. The summed E-state index contributed by atoms with van der Waals surface area (Å²) in [4.78, 5) is 14.9. The predicted molar refractivity (Wildman–Crippen MR) is 208 cm³/mol. The second kappa shape index (κ2) is 21.3. The van der Waals surface area contributed by atoms with Crippen molar-refractivity contribution in [3.8, 4) is 6.07 Å². The molecule has 0 aliphatic carbocycles. The number of carbonyl (C=O) groups excluding carboxylic acids is 1. The van der Waals surface area contributed by atoms with E-state index in [0.29, 0.717) is 45.3 Å². The topological polar surface area (TPSA) is 103 Å². The lowest BCUT2D eigenvalue weighted by Crippen LogP contribution is -2.34. The van der Waals surface area contributed by atoms with Crippen LogP contribution in [0.4, 0.5) is 27.1 Å². The van der Waals surface area contributed by atoms with Crippen LogP contribution in [-0.2, 0) is 4.74 Å². The predicted octanol–water partition coefficient (Wildman–Crippen LogP) is 13.6. The van der Waals surface area contributed by atoms with Gasteiger partial charge in [-0.15, -0.1) is 20.5 Å². The first-order valence-electron chi connectivity index (χ1n) is 18.7. The van der Waals surface area contributed by atoms with Crippen LogP contribution >= 0.6 is 11.3 Å². The SMILES string of the molecule is CCCCC(CC)CN(CC(CC)CCCC)c1ccc(N=Nc2sc(N=Nc3ccc(C(=O)OCC(C)C)cc3)cc2C#N)c(C(C)C)c1. The van der Waals surface area contributed by atoms with Gasteiger partial charge in [0.2, 0.25) is 0 Å². The van der Waals surface area contributed by atoms with E-state index in [9.17, 15) is 10.1 Å². The zero-order valence-corrected chi connectivity index (χ0v) is 32.4. The Hall–Kier alpha value is -3.90. The zero-order valence-electron chi connectivity index (χ0n) is 31.6. The number of hydrogen-bond acceptors (Lipinski definition) is 9. The third-order valence-electron chi connectivity index (χ3n) is 9.03. The first kappa shape index (κ1) is 40.5. The Bertz CT molecular complexity index is 1550. The van der Waals surface area contributed by atoms with Gasteiger partial charge in [-0.3, -0.25) is 0 Å². The van der Waals surface area contributed by atoms with Gasteiger partial charge in [0.25, 0.3) is 0 Å². The molecule has 0 radical (unpaired) electrons. The Morgan fingerprint density at radius 1 is 0.840 bits per heavy atom. The maximum Gasteiger partial charge on any atom is 0.338 e. The highest BCUT2D eigenvalue weighted by molar-refractivity contribution is 7.19. The molecule has 0 fully saturated rings. The molecule has 1 heterocycles. The third-order valence-corrected chi connectivity index (χ3v) is 9.93. The van der Waals surface area contributed by atoms with Gasteiger partial charge in [-0.2, -0.15) is 5.26 Å². The maximum atomic E-state index is 12.2. The van der Waals surface area contributed by atoms with Crippen LogP contribution in [0.15, 0.2) is 69.0 Å². The van der Waals surface area contributed by atoms with Crippen molar-refractivity contribution in [3.05, 3.63) is 65.2 Å². The molecule has 0 saturated heterocycles. The van der Waals surface area contributed by atoms with Crippen molar-refractivity contribution in [3.63, 3.8) is 0 Å². The molecule has 2 atom stereocenters. The van der Waals surface area contributed by atoms with Gasteiger partial charge in [-0.1, -0.05) is 105 Å². The number of hydrogen-bond donors (Lipinski definition) is 0. The fourth-order valence-electron chi connectivity index (χ4n) is 5.80. The first-order valence-corrected chi connectivity index (χ1v) is 19.5. The van der Waals surface area contributed by atoms with Crippen molar-refractivity contribution < 1.29 is 9.53 Å². The molecule has 0 bridgehead atoms. The highest BCUT2D eigenvalue weighted by Crippen LogP contribution is 2.39. The lowest BCUT2D eigenvalue weighted by molar-refractivity contribution is 0.0459. The lowest BCUT2D eigenvalue weighted by Gasteiger charge is -2.33. The van der Waals surface area contributed by atoms with Crippen LogP contribution in [0.3, 0.4) is 0 Å². The summed E-state index contributed by atoms with van der Waals surface area (Å²) < 4.78 is 5.29. The Morgan fingerprint density at radius 2 is 1.48 bits per heavy atom. The molecule has 2 aromatic carbocycles. The number of azo groups is 2. The van der Waals surface area contributed by atoms with Crippen molar-refractivity contribution in [1.29, 1.82) is 5.26 Å². The number of unbranched alkanes of at least 4 members (excludes halogenated alkanes) is 2. The van der Waals surface area contributed by atoms with Gasteiger partial charge >= 0.3 is 5.97 Å². The second-order valence-corrected chi connectivity index (χ2v) is 15.0. The van der Waals surface area contributed by atoms with Gasteiger partial charge in [-0.25, -0.2) is 4.79 Å². The summed E-state index contributed by atoms with van der Waals surface area (Å²) in [7, 11) is 0. The number of nitriles is 1. The molecular weight excluding hydrogens is 641 g/mol. The van der Waals surface area contributed by atoms with Crippen LogP contribution in [0.1, 0.15) is 134 Å². The molecule has 0 spiro atoms. The monoisotopic (exact) mass is 698 g/mol. The van der Waals surface area contributed by atoms with Crippen molar-refractivity contribution in [2.24, 2.45) is 38.2 Å². The number of carbonyl (C=O) groups is 1. The third kappa shape index (κ3) is 12.8. The Kier molecular flexibility index (Phi) is 17.3. The molecule has 3 aromatic rings. The minimum atomic E-state index is -0.359. The fraction of sp³-hybridized carbons (Fsp3) is 0.561. The van der Waals surface area contributed by atoms with Crippen LogP contribution < -0.4 is 4.90 Å². The van der Waals surface area contributed by atoms with Crippen molar-refractivity contribution in [2.45, 2.75) is 113 Å². The molecule has 2 unspecified atom stereocenters. The highest BCUT2D eigenvalue weighted by Gasteiger charge is 2.20. The van der Waals surface area contributed by atoms with Gasteiger partial charge < -0.3 is 9.64 Å². The average Bonchev–Trinajstić information content (AvgIpc) is 3.53. The molecule has 0 saturated carbocycles. The van der Waals surface area contributed by atoms with E-state index in [0.717, 1.165) is 24.3 Å². The van der Waals surface area contributed by atoms with E-state index in [4.69, 9.17) is 4.74 Å². The Morgan fingerprint density at radius 3 is 2.02 bits per heavy atom. The van der Waals surface area contributed by atoms with Crippen LogP contribution in [0.25, 0.3) is 0 Å². The summed E-state index contributed by atoms with van der Waals surface area (Å²) in [6.45, 7) is 20.1. The van der Waals surface area contributed by atoms with E-state index < -0.39 is 0 Å². The number of anilines is 1. The minimum absolute atomic E-state index is 0.251. The van der Waals surface area contributed by atoms with Crippen LogP contribution in [0.2, 0.25) is 0 Å². The number of benzene rings is 2. The fourth-order valence-corrected chi connectivity index (χ4v) is 6.56. The van der Waals surface area contributed by atoms with Gasteiger partial charge in [0.15, 0.2) is 5.00 Å². The number of esters is 1. The van der Waals surface area contributed by atoms with Crippen LogP contribution in [0, 0.1) is 29.1 Å². The van der Waals surface area contributed by atoms with Gasteiger partial charge in [0, 0.05) is 18.8 Å². The number of thiophene rings is 1. The second-order valence-electron chi connectivity index (χ2n) is 14.0. The summed E-state index contributed by atoms with van der Waals surface area (Å²) in [5.41, 5.74) is 4.67. The molecule has 50 heavy (non-hydrogen) atoms. The molecule has 0 amide bonds. The van der Waals surface area contributed by atoms with Crippen LogP contribution in [0.5, 0.6) is 0 Å². The Balaban J connectivity index is 1.84. The molecule has 3 rings (SSSR count).